The fourth-order valence-electron chi connectivity index (χ4n) is 2.80. The van der Waals surface area contributed by atoms with Crippen LogP contribution in [-0.2, 0) is 19.9 Å². The van der Waals surface area contributed by atoms with E-state index in [-0.39, 0.29) is 6.04 Å². The van der Waals surface area contributed by atoms with Crippen LogP contribution in [0.25, 0.3) is 0 Å². The molecule has 4 heteroatoms. The van der Waals surface area contributed by atoms with Crippen molar-refractivity contribution in [1.82, 2.24) is 9.78 Å². The van der Waals surface area contributed by atoms with Crippen LogP contribution >= 0.6 is 0 Å². The molecule has 0 radical (unpaired) electrons. The summed E-state index contributed by atoms with van der Waals surface area (Å²) in [5, 5.41) is 4.21. The summed E-state index contributed by atoms with van der Waals surface area (Å²) in [5.74, 6) is 0. The molecule has 0 saturated heterocycles. The summed E-state index contributed by atoms with van der Waals surface area (Å²) in [6, 6.07) is 8.82. The molecule has 0 aliphatic carbocycles. The van der Waals surface area contributed by atoms with Gasteiger partial charge in [0, 0.05) is 38.1 Å². The summed E-state index contributed by atoms with van der Waals surface area (Å²) in [7, 11) is 1.95. The van der Waals surface area contributed by atoms with Crippen molar-refractivity contribution in [3.8, 4) is 0 Å². The lowest BCUT2D eigenvalue weighted by atomic mass is 9.98. The number of nitrogens with zero attached hydrogens (tertiary/aromatic N) is 3. The number of aromatic nitrogens is 2. The van der Waals surface area contributed by atoms with Gasteiger partial charge in [-0.15, -0.1) is 0 Å². The van der Waals surface area contributed by atoms with E-state index in [2.05, 4.69) is 40.5 Å². The lowest BCUT2D eigenvalue weighted by molar-refractivity contribution is 0.599. The van der Waals surface area contributed by atoms with Crippen molar-refractivity contribution in [3.05, 3.63) is 47.8 Å². The largest absolute Gasteiger partial charge is 0.369 e. The molecular formula is C15H20N4. The van der Waals surface area contributed by atoms with Crippen molar-refractivity contribution in [1.29, 1.82) is 0 Å². The van der Waals surface area contributed by atoms with Crippen molar-refractivity contribution in [3.63, 3.8) is 0 Å². The first-order valence-electron chi connectivity index (χ1n) is 6.78. The number of anilines is 1. The number of benzene rings is 1. The first-order valence-corrected chi connectivity index (χ1v) is 6.78. The number of hydrogen-bond acceptors (Lipinski definition) is 3. The van der Waals surface area contributed by atoms with Gasteiger partial charge in [0.15, 0.2) is 0 Å². The van der Waals surface area contributed by atoms with Gasteiger partial charge < -0.3 is 10.6 Å². The predicted molar refractivity (Wildman–Crippen MR) is 77.2 cm³/mol. The van der Waals surface area contributed by atoms with Crippen molar-refractivity contribution in [2.45, 2.75) is 18.9 Å². The standard InChI is InChI=1S/C15H20N4/c1-18-10-12(9-17-18)6-7-19-11-14(16)8-13-4-2-3-5-15(13)19/h2-5,9-10,14H,6-8,11,16H2,1H3. The second kappa shape index (κ2) is 5.05. The van der Waals surface area contributed by atoms with Crippen LogP contribution in [0.1, 0.15) is 11.1 Å². The van der Waals surface area contributed by atoms with Gasteiger partial charge in [-0.3, -0.25) is 4.68 Å². The zero-order valence-electron chi connectivity index (χ0n) is 11.3. The first-order chi connectivity index (χ1) is 9.22. The Labute approximate surface area is 113 Å². The second-order valence-electron chi connectivity index (χ2n) is 5.31. The molecule has 1 aliphatic heterocycles. The molecule has 0 fully saturated rings. The zero-order chi connectivity index (χ0) is 13.2. The molecule has 0 saturated carbocycles. The van der Waals surface area contributed by atoms with Crippen LogP contribution in [-0.4, -0.2) is 28.9 Å². The maximum atomic E-state index is 6.15. The topological polar surface area (TPSA) is 47.1 Å². The van der Waals surface area contributed by atoms with Crippen molar-refractivity contribution in [2.75, 3.05) is 18.0 Å². The van der Waals surface area contributed by atoms with Crippen LogP contribution in [0.2, 0.25) is 0 Å². The van der Waals surface area contributed by atoms with Gasteiger partial charge in [-0.1, -0.05) is 18.2 Å². The monoisotopic (exact) mass is 256 g/mol. The fraction of sp³-hybridized carbons (Fsp3) is 0.400. The van der Waals surface area contributed by atoms with E-state index in [1.807, 2.05) is 17.9 Å². The molecule has 2 heterocycles. The number of rotatable bonds is 3. The highest BCUT2D eigenvalue weighted by Gasteiger charge is 2.21. The van der Waals surface area contributed by atoms with E-state index in [1.165, 1.54) is 16.8 Å². The van der Waals surface area contributed by atoms with E-state index in [0.717, 1.165) is 25.9 Å². The number of nitrogens with two attached hydrogens (primary N) is 1. The lowest BCUT2D eigenvalue weighted by Gasteiger charge is -2.34. The molecule has 1 aromatic carbocycles. The highest BCUT2D eigenvalue weighted by atomic mass is 15.2. The van der Waals surface area contributed by atoms with E-state index in [1.54, 1.807) is 0 Å². The SMILES string of the molecule is Cn1cc(CCN2CC(N)Cc3ccccc32)cn1. The molecule has 4 nitrogen and oxygen atoms in total. The molecule has 0 amide bonds. The van der Waals surface area contributed by atoms with E-state index in [9.17, 15) is 0 Å². The van der Waals surface area contributed by atoms with Gasteiger partial charge in [-0.25, -0.2) is 0 Å². The average Bonchev–Trinajstić information content (AvgIpc) is 2.81. The Morgan fingerprint density at radius 1 is 1.37 bits per heavy atom. The van der Waals surface area contributed by atoms with Gasteiger partial charge in [0.05, 0.1) is 6.20 Å². The minimum atomic E-state index is 0.240. The van der Waals surface area contributed by atoms with Gasteiger partial charge in [0.25, 0.3) is 0 Å². The predicted octanol–water partition coefficient (Wildman–Crippen LogP) is 1.35. The normalized spacial score (nSPS) is 18.4. The third-order valence-electron chi connectivity index (χ3n) is 3.70. The van der Waals surface area contributed by atoms with Gasteiger partial charge in [-0.05, 0) is 30.0 Å². The highest BCUT2D eigenvalue weighted by Crippen LogP contribution is 2.26. The second-order valence-corrected chi connectivity index (χ2v) is 5.31. The summed E-state index contributed by atoms with van der Waals surface area (Å²) < 4.78 is 1.85. The minimum Gasteiger partial charge on any atom is -0.369 e. The Hall–Kier alpha value is -1.81. The van der Waals surface area contributed by atoms with Crippen molar-refractivity contribution >= 4 is 5.69 Å². The van der Waals surface area contributed by atoms with Gasteiger partial charge in [-0.2, -0.15) is 5.10 Å². The molecule has 1 unspecified atom stereocenters. The van der Waals surface area contributed by atoms with Gasteiger partial charge in [0.2, 0.25) is 0 Å². The summed E-state index contributed by atoms with van der Waals surface area (Å²) in [6.45, 7) is 1.94. The Morgan fingerprint density at radius 3 is 3.00 bits per heavy atom. The fourth-order valence-corrected chi connectivity index (χ4v) is 2.80. The Bertz CT molecular complexity index is 561. The Kier molecular flexibility index (Phi) is 3.25. The van der Waals surface area contributed by atoms with E-state index in [4.69, 9.17) is 5.73 Å². The summed E-state index contributed by atoms with van der Waals surface area (Å²) in [4.78, 5) is 2.40. The number of fused-ring (bicyclic) bond motifs is 1. The molecule has 0 spiro atoms. The average molecular weight is 256 g/mol. The minimum absolute atomic E-state index is 0.240. The summed E-state index contributed by atoms with van der Waals surface area (Å²) >= 11 is 0. The number of para-hydroxylation sites is 1. The molecule has 19 heavy (non-hydrogen) atoms. The Morgan fingerprint density at radius 2 is 2.21 bits per heavy atom. The maximum Gasteiger partial charge on any atom is 0.0522 e. The lowest BCUT2D eigenvalue weighted by Crippen LogP contribution is -2.44. The maximum absolute atomic E-state index is 6.15. The van der Waals surface area contributed by atoms with Crippen LogP contribution in [0.3, 0.4) is 0 Å². The molecule has 0 bridgehead atoms. The number of aryl methyl sites for hydroxylation is 1. The van der Waals surface area contributed by atoms with Crippen LogP contribution in [0.15, 0.2) is 36.7 Å². The Balaban J connectivity index is 1.74. The molecule has 1 aliphatic rings. The third-order valence-corrected chi connectivity index (χ3v) is 3.70. The van der Waals surface area contributed by atoms with Gasteiger partial charge in [0.1, 0.15) is 0 Å². The van der Waals surface area contributed by atoms with E-state index < -0.39 is 0 Å². The molecule has 2 aromatic rings. The van der Waals surface area contributed by atoms with E-state index in [0.29, 0.717) is 0 Å². The molecule has 1 aromatic heterocycles. The molecular weight excluding hydrogens is 236 g/mol. The number of hydrogen-bond donors (Lipinski definition) is 1. The van der Waals surface area contributed by atoms with Crippen LogP contribution in [0.5, 0.6) is 0 Å². The summed E-state index contributed by atoms with van der Waals surface area (Å²) in [5.41, 5.74) is 10.1. The van der Waals surface area contributed by atoms with Crippen molar-refractivity contribution < 1.29 is 0 Å². The van der Waals surface area contributed by atoms with E-state index >= 15 is 0 Å². The molecule has 100 valence electrons. The zero-order valence-corrected chi connectivity index (χ0v) is 11.3. The highest BCUT2D eigenvalue weighted by molar-refractivity contribution is 5.56. The first kappa shape index (κ1) is 12.2. The molecule has 3 rings (SSSR count). The van der Waals surface area contributed by atoms with Gasteiger partial charge >= 0.3 is 0 Å². The summed E-state index contributed by atoms with van der Waals surface area (Å²) in [6.07, 6.45) is 6.01. The smallest absolute Gasteiger partial charge is 0.0522 e. The quantitative estimate of drug-likeness (QED) is 0.902. The third kappa shape index (κ3) is 2.63. The molecule has 1 atom stereocenters. The van der Waals surface area contributed by atoms with Crippen LogP contribution in [0.4, 0.5) is 5.69 Å². The van der Waals surface area contributed by atoms with Crippen LogP contribution < -0.4 is 10.6 Å². The van der Waals surface area contributed by atoms with Crippen molar-refractivity contribution in [2.24, 2.45) is 12.8 Å². The molecule has 2 N–H and O–H groups in total. The van der Waals surface area contributed by atoms with Crippen LogP contribution in [0, 0.1) is 0 Å².